The minimum atomic E-state index is 0.104. The van der Waals surface area contributed by atoms with E-state index in [4.69, 9.17) is 16.0 Å². The summed E-state index contributed by atoms with van der Waals surface area (Å²) in [5.74, 6) is 2.13. The van der Waals surface area contributed by atoms with Gasteiger partial charge >= 0.3 is 0 Å². The van der Waals surface area contributed by atoms with Gasteiger partial charge in [-0.1, -0.05) is 6.92 Å². The third-order valence-electron chi connectivity index (χ3n) is 3.39. The zero-order valence-corrected chi connectivity index (χ0v) is 10.9. The van der Waals surface area contributed by atoms with Crippen molar-refractivity contribution in [1.82, 2.24) is 4.90 Å². The van der Waals surface area contributed by atoms with Gasteiger partial charge in [-0.05, 0) is 24.8 Å². The molecule has 1 fully saturated rings. The Kier molecular flexibility index (Phi) is 4.11. The van der Waals surface area contributed by atoms with E-state index in [0.29, 0.717) is 11.8 Å². The number of aryl methyl sites for hydroxylation is 1. The number of carbonyl (C=O) groups is 1. The van der Waals surface area contributed by atoms with Crippen molar-refractivity contribution in [3.63, 3.8) is 0 Å². The monoisotopic (exact) mass is 255 g/mol. The van der Waals surface area contributed by atoms with E-state index in [2.05, 4.69) is 0 Å². The minimum Gasteiger partial charge on any atom is -0.469 e. The first-order valence-electron chi connectivity index (χ1n) is 6.17. The Balaban J connectivity index is 2.02. The van der Waals surface area contributed by atoms with Gasteiger partial charge in [0, 0.05) is 25.4 Å². The van der Waals surface area contributed by atoms with E-state index in [1.165, 1.54) is 0 Å². The smallest absolute Gasteiger partial charge is 0.257 e. The highest BCUT2D eigenvalue weighted by Gasteiger charge is 2.28. The van der Waals surface area contributed by atoms with Crippen LogP contribution in [0.1, 0.15) is 35.9 Å². The number of nitrogens with zero attached hydrogens (tertiary/aromatic N) is 1. The molecule has 0 N–H and O–H groups in total. The van der Waals surface area contributed by atoms with Crippen molar-refractivity contribution >= 4 is 17.5 Å². The van der Waals surface area contributed by atoms with Gasteiger partial charge in [0.25, 0.3) is 5.91 Å². The summed E-state index contributed by atoms with van der Waals surface area (Å²) in [4.78, 5) is 14.2. The highest BCUT2D eigenvalue weighted by atomic mass is 35.5. The lowest BCUT2D eigenvalue weighted by molar-refractivity contribution is 0.0784. The third kappa shape index (κ3) is 2.65. The molecule has 0 aliphatic carbocycles. The fourth-order valence-corrected chi connectivity index (χ4v) is 2.69. The van der Waals surface area contributed by atoms with Gasteiger partial charge in [0.2, 0.25) is 0 Å². The minimum absolute atomic E-state index is 0.104. The first kappa shape index (κ1) is 12.5. The second-order valence-corrected chi connectivity index (χ2v) is 4.87. The molecule has 1 aliphatic rings. The predicted octanol–water partition coefficient (Wildman–Crippen LogP) is 2.93. The van der Waals surface area contributed by atoms with Gasteiger partial charge in [-0.25, -0.2) is 0 Å². The van der Waals surface area contributed by atoms with E-state index in [-0.39, 0.29) is 5.91 Å². The van der Waals surface area contributed by atoms with Crippen LogP contribution < -0.4 is 0 Å². The lowest BCUT2D eigenvalue weighted by Gasteiger charge is -2.16. The standard InChI is InChI=1S/C13H18ClNO2/c1-2-12-11(5-8-17-12)13(16)15-7-4-10(9-15)3-6-14/h5,8,10H,2-4,6-7,9H2,1H3. The molecule has 1 unspecified atom stereocenters. The Morgan fingerprint density at radius 3 is 3.18 bits per heavy atom. The van der Waals surface area contributed by atoms with Gasteiger partial charge in [-0.3, -0.25) is 4.79 Å². The first-order valence-corrected chi connectivity index (χ1v) is 6.71. The maximum Gasteiger partial charge on any atom is 0.257 e. The van der Waals surface area contributed by atoms with Gasteiger partial charge in [0.15, 0.2) is 0 Å². The summed E-state index contributed by atoms with van der Waals surface area (Å²) in [5, 5.41) is 0. The van der Waals surface area contributed by atoms with Crippen LogP contribution in [0.25, 0.3) is 0 Å². The number of carbonyl (C=O) groups excluding carboxylic acids is 1. The molecule has 0 bridgehead atoms. The number of likely N-dealkylation sites (tertiary alicyclic amines) is 1. The molecule has 0 radical (unpaired) electrons. The van der Waals surface area contributed by atoms with E-state index in [1.807, 2.05) is 11.8 Å². The average Bonchev–Trinajstić information content (AvgIpc) is 2.96. The molecule has 0 spiro atoms. The van der Waals surface area contributed by atoms with Crippen molar-refractivity contribution < 1.29 is 9.21 Å². The second kappa shape index (κ2) is 5.58. The lowest BCUT2D eigenvalue weighted by atomic mass is 10.1. The van der Waals surface area contributed by atoms with E-state index < -0.39 is 0 Å². The molecule has 1 aromatic rings. The third-order valence-corrected chi connectivity index (χ3v) is 3.61. The number of hydrogen-bond acceptors (Lipinski definition) is 2. The van der Waals surface area contributed by atoms with Crippen molar-refractivity contribution in [2.45, 2.75) is 26.2 Å². The quantitative estimate of drug-likeness (QED) is 0.775. The molecular formula is C13H18ClNO2. The molecule has 0 saturated carbocycles. The zero-order chi connectivity index (χ0) is 12.3. The lowest BCUT2D eigenvalue weighted by Crippen LogP contribution is -2.29. The summed E-state index contributed by atoms with van der Waals surface area (Å²) in [5.41, 5.74) is 0.721. The number of furan rings is 1. The highest BCUT2D eigenvalue weighted by molar-refractivity contribution is 6.17. The number of amides is 1. The van der Waals surface area contributed by atoms with Crippen LogP contribution in [0.2, 0.25) is 0 Å². The van der Waals surface area contributed by atoms with Crippen LogP contribution in [0, 0.1) is 5.92 Å². The van der Waals surface area contributed by atoms with E-state index in [0.717, 1.165) is 43.7 Å². The molecule has 94 valence electrons. The molecule has 1 atom stereocenters. The SMILES string of the molecule is CCc1occc1C(=O)N1CCC(CCCl)C1. The summed E-state index contributed by atoms with van der Waals surface area (Å²) < 4.78 is 5.30. The molecule has 1 aliphatic heterocycles. The van der Waals surface area contributed by atoms with Crippen molar-refractivity contribution in [3.8, 4) is 0 Å². The molecule has 3 nitrogen and oxygen atoms in total. The molecular weight excluding hydrogens is 238 g/mol. The largest absolute Gasteiger partial charge is 0.469 e. The fourth-order valence-electron chi connectivity index (χ4n) is 2.38. The van der Waals surface area contributed by atoms with Crippen molar-refractivity contribution in [3.05, 3.63) is 23.7 Å². The van der Waals surface area contributed by atoms with E-state index in [1.54, 1.807) is 12.3 Å². The Labute approximate surface area is 107 Å². The van der Waals surface area contributed by atoms with Crippen molar-refractivity contribution in [2.75, 3.05) is 19.0 Å². The molecule has 1 amide bonds. The Bertz CT molecular complexity index is 389. The maximum absolute atomic E-state index is 12.3. The number of alkyl halides is 1. The van der Waals surface area contributed by atoms with Crippen LogP contribution in [-0.2, 0) is 6.42 Å². The second-order valence-electron chi connectivity index (χ2n) is 4.49. The molecule has 17 heavy (non-hydrogen) atoms. The molecule has 1 aromatic heterocycles. The summed E-state index contributed by atoms with van der Waals surface area (Å²) in [6.07, 6.45) is 4.42. The Hall–Kier alpha value is -0.960. The first-order chi connectivity index (χ1) is 8.26. The van der Waals surface area contributed by atoms with Crippen molar-refractivity contribution in [2.24, 2.45) is 5.92 Å². The fraction of sp³-hybridized carbons (Fsp3) is 0.615. The normalized spacial score (nSPS) is 19.9. The maximum atomic E-state index is 12.3. The summed E-state index contributed by atoms with van der Waals surface area (Å²) in [6, 6.07) is 1.77. The Morgan fingerprint density at radius 2 is 2.47 bits per heavy atom. The average molecular weight is 256 g/mol. The number of rotatable bonds is 4. The summed E-state index contributed by atoms with van der Waals surface area (Å²) in [6.45, 7) is 3.67. The number of hydrogen-bond donors (Lipinski definition) is 0. The van der Waals surface area contributed by atoms with Crippen LogP contribution in [0.5, 0.6) is 0 Å². The van der Waals surface area contributed by atoms with Gasteiger partial charge in [0.05, 0.1) is 11.8 Å². The van der Waals surface area contributed by atoms with Gasteiger partial charge in [-0.15, -0.1) is 11.6 Å². The van der Waals surface area contributed by atoms with Crippen LogP contribution in [-0.4, -0.2) is 29.8 Å². The van der Waals surface area contributed by atoms with E-state index >= 15 is 0 Å². The summed E-state index contributed by atoms with van der Waals surface area (Å²) in [7, 11) is 0. The summed E-state index contributed by atoms with van der Waals surface area (Å²) >= 11 is 5.74. The van der Waals surface area contributed by atoms with Crippen LogP contribution in [0.3, 0.4) is 0 Å². The molecule has 4 heteroatoms. The molecule has 0 aromatic carbocycles. The zero-order valence-electron chi connectivity index (χ0n) is 10.1. The van der Waals surface area contributed by atoms with Gasteiger partial charge in [-0.2, -0.15) is 0 Å². The number of halogens is 1. The topological polar surface area (TPSA) is 33.5 Å². The van der Waals surface area contributed by atoms with Crippen LogP contribution >= 0.6 is 11.6 Å². The Morgan fingerprint density at radius 1 is 1.65 bits per heavy atom. The van der Waals surface area contributed by atoms with Gasteiger partial charge < -0.3 is 9.32 Å². The highest BCUT2D eigenvalue weighted by Crippen LogP contribution is 2.23. The molecule has 1 saturated heterocycles. The van der Waals surface area contributed by atoms with E-state index in [9.17, 15) is 4.79 Å². The molecule has 2 rings (SSSR count). The van der Waals surface area contributed by atoms with Gasteiger partial charge in [0.1, 0.15) is 5.76 Å². The van der Waals surface area contributed by atoms with Crippen LogP contribution in [0.15, 0.2) is 16.7 Å². The van der Waals surface area contributed by atoms with Crippen molar-refractivity contribution in [1.29, 1.82) is 0 Å². The molecule has 2 heterocycles. The van der Waals surface area contributed by atoms with Crippen LogP contribution in [0.4, 0.5) is 0 Å². The predicted molar refractivity (Wildman–Crippen MR) is 67.4 cm³/mol.